The van der Waals surface area contributed by atoms with Crippen LogP contribution in [0.1, 0.15) is 5.56 Å². The lowest BCUT2D eigenvalue weighted by Crippen LogP contribution is -2.15. The maximum atomic E-state index is 12.7. The molecule has 9 heteroatoms. The minimum Gasteiger partial charge on any atom is -0.278 e. The number of hydrogen-bond acceptors (Lipinski definition) is 2. The zero-order valence-electron chi connectivity index (χ0n) is 10.7. The Hall–Kier alpha value is -1.25. The highest BCUT2D eigenvalue weighted by Crippen LogP contribution is 2.35. The number of benzene rings is 2. The molecule has 0 bridgehead atoms. The van der Waals surface area contributed by atoms with Crippen molar-refractivity contribution >= 4 is 43.2 Å². The van der Waals surface area contributed by atoms with Crippen LogP contribution in [0.4, 0.5) is 18.9 Å². The third-order valence-electron chi connectivity index (χ3n) is 2.66. The van der Waals surface area contributed by atoms with Gasteiger partial charge in [-0.1, -0.05) is 23.7 Å². The van der Waals surface area contributed by atoms with Crippen molar-refractivity contribution in [2.24, 2.45) is 0 Å². The van der Waals surface area contributed by atoms with E-state index in [4.69, 9.17) is 11.6 Å². The Morgan fingerprint density at radius 2 is 1.73 bits per heavy atom. The lowest BCUT2D eigenvalue weighted by molar-refractivity contribution is -0.137. The lowest BCUT2D eigenvalue weighted by Gasteiger charge is -2.13. The second kappa shape index (κ2) is 6.10. The highest BCUT2D eigenvalue weighted by atomic mass is 79.9. The maximum absolute atomic E-state index is 12.7. The monoisotopic (exact) mass is 413 g/mol. The van der Waals surface area contributed by atoms with Crippen LogP contribution in [0.25, 0.3) is 0 Å². The van der Waals surface area contributed by atoms with Gasteiger partial charge in [0.15, 0.2) is 0 Å². The molecule has 0 saturated heterocycles. The van der Waals surface area contributed by atoms with Gasteiger partial charge in [-0.2, -0.15) is 13.2 Å². The zero-order valence-corrected chi connectivity index (χ0v) is 13.8. The smallest absolute Gasteiger partial charge is 0.278 e. The average molecular weight is 415 g/mol. The molecule has 0 aromatic heterocycles. The quantitative estimate of drug-likeness (QED) is 0.775. The summed E-state index contributed by atoms with van der Waals surface area (Å²) < 4.78 is 64.9. The molecule has 2 aromatic rings. The van der Waals surface area contributed by atoms with Gasteiger partial charge >= 0.3 is 6.18 Å². The number of anilines is 1. The standard InChI is InChI=1S/C13H8BrClF3NO2S/c14-9-3-1-2-4-12(9)22(20,21)19-11-7-8(13(16,17)18)5-6-10(11)15/h1-7,19H. The van der Waals surface area contributed by atoms with E-state index < -0.39 is 21.8 Å². The van der Waals surface area contributed by atoms with Crippen LogP contribution in [0.5, 0.6) is 0 Å². The van der Waals surface area contributed by atoms with Gasteiger partial charge in [0.25, 0.3) is 10.0 Å². The molecular weight excluding hydrogens is 407 g/mol. The first-order valence-corrected chi connectivity index (χ1v) is 8.41. The van der Waals surface area contributed by atoms with Crippen molar-refractivity contribution in [3.8, 4) is 0 Å². The van der Waals surface area contributed by atoms with E-state index >= 15 is 0 Å². The molecule has 0 spiro atoms. The number of halogens is 5. The molecule has 0 aliphatic heterocycles. The molecule has 0 aliphatic carbocycles. The van der Waals surface area contributed by atoms with Gasteiger partial charge in [0.2, 0.25) is 0 Å². The minimum absolute atomic E-state index is 0.108. The molecule has 0 radical (unpaired) electrons. The summed E-state index contributed by atoms with van der Waals surface area (Å²) in [6.45, 7) is 0. The summed E-state index contributed by atoms with van der Waals surface area (Å²) in [7, 11) is -4.08. The van der Waals surface area contributed by atoms with Crippen LogP contribution < -0.4 is 4.72 Å². The van der Waals surface area contributed by atoms with Crippen molar-refractivity contribution in [3.05, 3.63) is 57.5 Å². The number of hydrogen-bond donors (Lipinski definition) is 1. The van der Waals surface area contributed by atoms with Gasteiger partial charge < -0.3 is 0 Å². The summed E-state index contributed by atoms with van der Waals surface area (Å²) in [6.07, 6.45) is -4.60. The van der Waals surface area contributed by atoms with Crippen LogP contribution in [0.3, 0.4) is 0 Å². The molecule has 0 heterocycles. The summed E-state index contributed by atoms with van der Waals surface area (Å²) >= 11 is 8.85. The molecule has 118 valence electrons. The zero-order chi connectivity index (χ0) is 16.5. The van der Waals surface area contributed by atoms with Crippen molar-refractivity contribution in [1.82, 2.24) is 0 Å². The Morgan fingerprint density at radius 1 is 1.09 bits per heavy atom. The fourth-order valence-corrected chi connectivity index (χ4v) is 3.94. The SMILES string of the molecule is O=S(=O)(Nc1cc(C(F)(F)F)ccc1Cl)c1ccccc1Br. The highest BCUT2D eigenvalue weighted by Gasteiger charge is 2.31. The molecule has 3 nitrogen and oxygen atoms in total. The number of alkyl halides is 3. The normalized spacial score (nSPS) is 12.2. The van der Waals surface area contributed by atoms with Crippen molar-refractivity contribution < 1.29 is 21.6 Å². The van der Waals surface area contributed by atoms with Gasteiger partial charge in [-0.25, -0.2) is 8.42 Å². The van der Waals surface area contributed by atoms with Crippen molar-refractivity contribution in [1.29, 1.82) is 0 Å². The number of nitrogens with one attached hydrogen (secondary N) is 1. The van der Waals surface area contributed by atoms with Crippen LogP contribution in [-0.4, -0.2) is 8.42 Å². The predicted octanol–water partition coefficient (Wildman–Crippen LogP) is 4.92. The van der Waals surface area contributed by atoms with E-state index in [1.54, 1.807) is 6.07 Å². The van der Waals surface area contributed by atoms with Crippen LogP contribution in [0.2, 0.25) is 5.02 Å². The summed E-state index contributed by atoms with van der Waals surface area (Å²) in [5.41, 5.74) is -1.34. The first-order chi connectivity index (χ1) is 10.1. The molecule has 0 amide bonds. The first-order valence-electron chi connectivity index (χ1n) is 5.75. The van der Waals surface area contributed by atoms with Gasteiger partial charge in [-0.15, -0.1) is 0 Å². The summed E-state index contributed by atoms with van der Waals surface area (Å²) in [5, 5.41) is -0.136. The molecule has 2 aromatic carbocycles. The van der Waals surface area contributed by atoms with E-state index in [2.05, 4.69) is 20.7 Å². The second-order valence-electron chi connectivity index (χ2n) is 4.23. The molecule has 0 fully saturated rings. The minimum atomic E-state index is -4.60. The third-order valence-corrected chi connectivity index (χ3v) is 5.37. The van der Waals surface area contributed by atoms with Crippen LogP contribution in [0, 0.1) is 0 Å². The van der Waals surface area contributed by atoms with E-state index in [1.165, 1.54) is 18.2 Å². The Kier molecular flexibility index (Phi) is 4.74. The maximum Gasteiger partial charge on any atom is 0.416 e. The van der Waals surface area contributed by atoms with E-state index in [9.17, 15) is 21.6 Å². The predicted molar refractivity (Wildman–Crippen MR) is 81.4 cm³/mol. The lowest BCUT2D eigenvalue weighted by atomic mass is 10.2. The van der Waals surface area contributed by atoms with Crippen LogP contribution in [-0.2, 0) is 16.2 Å². The fraction of sp³-hybridized carbons (Fsp3) is 0.0769. The van der Waals surface area contributed by atoms with Crippen molar-refractivity contribution in [3.63, 3.8) is 0 Å². The van der Waals surface area contributed by atoms with Crippen molar-refractivity contribution in [2.75, 3.05) is 4.72 Å². The van der Waals surface area contributed by atoms with Gasteiger partial charge in [-0.05, 0) is 46.3 Å². The number of sulfonamides is 1. The Morgan fingerprint density at radius 3 is 2.32 bits per heavy atom. The summed E-state index contributed by atoms with van der Waals surface area (Å²) in [4.78, 5) is -0.108. The van der Waals surface area contributed by atoms with Gasteiger partial charge in [-0.3, -0.25) is 4.72 Å². The average Bonchev–Trinajstić information content (AvgIpc) is 2.40. The van der Waals surface area contributed by atoms with Crippen LogP contribution in [0.15, 0.2) is 51.8 Å². The first kappa shape index (κ1) is 17.1. The number of rotatable bonds is 3. The Balaban J connectivity index is 2.44. The second-order valence-corrected chi connectivity index (χ2v) is 7.14. The molecule has 1 N–H and O–H groups in total. The van der Waals surface area contributed by atoms with Crippen LogP contribution >= 0.6 is 27.5 Å². The molecule has 0 atom stereocenters. The summed E-state index contributed by atoms with van der Waals surface area (Å²) in [6, 6.07) is 8.33. The third kappa shape index (κ3) is 3.74. The van der Waals surface area contributed by atoms with Gasteiger partial charge in [0, 0.05) is 4.47 Å². The van der Waals surface area contributed by atoms with E-state index in [-0.39, 0.29) is 20.1 Å². The molecule has 22 heavy (non-hydrogen) atoms. The molecule has 0 unspecified atom stereocenters. The topological polar surface area (TPSA) is 46.2 Å². The van der Waals surface area contributed by atoms with Gasteiger partial charge in [0.1, 0.15) is 4.90 Å². The summed E-state index contributed by atoms with van der Waals surface area (Å²) in [5.74, 6) is 0. The van der Waals surface area contributed by atoms with E-state index in [0.717, 1.165) is 12.1 Å². The molecule has 0 saturated carbocycles. The van der Waals surface area contributed by atoms with E-state index in [1.807, 2.05) is 0 Å². The largest absolute Gasteiger partial charge is 0.416 e. The van der Waals surface area contributed by atoms with Gasteiger partial charge in [0.05, 0.1) is 16.3 Å². The van der Waals surface area contributed by atoms with E-state index in [0.29, 0.717) is 6.07 Å². The highest BCUT2D eigenvalue weighted by molar-refractivity contribution is 9.10. The Bertz CT molecular complexity index is 809. The van der Waals surface area contributed by atoms with Crippen molar-refractivity contribution in [2.45, 2.75) is 11.1 Å². The fourth-order valence-electron chi connectivity index (χ4n) is 1.64. The molecular formula is C13H8BrClF3NO2S. The Labute approximate surface area is 138 Å². The molecule has 2 rings (SSSR count). The molecule has 0 aliphatic rings.